The lowest BCUT2D eigenvalue weighted by atomic mass is 10.0. The minimum absolute atomic E-state index is 0.0587. The summed E-state index contributed by atoms with van der Waals surface area (Å²) >= 11 is 0. The van der Waals surface area contributed by atoms with Crippen molar-refractivity contribution in [1.82, 2.24) is 24.8 Å². The quantitative estimate of drug-likeness (QED) is 0.380. The second kappa shape index (κ2) is 10.5. The number of pyridine rings is 1. The van der Waals surface area contributed by atoms with Gasteiger partial charge < -0.3 is 24.5 Å². The van der Waals surface area contributed by atoms with E-state index >= 15 is 0 Å². The number of carbonyl (C=O) groups is 1. The van der Waals surface area contributed by atoms with E-state index in [-0.39, 0.29) is 11.7 Å². The average Bonchev–Trinajstić information content (AvgIpc) is 3.38. The Labute approximate surface area is 227 Å². The van der Waals surface area contributed by atoms with E-state index in [1.807, 2.05) is 30.3 Å². The summed E-state index contributed by atoms with van der Waals surface area (Å²) < 4.78 is 6.18. The van der Waals surface area contributed by atoms with Gasteiger partial charge in [-0.15, -0.1) is 0 Å². The minimum atomic E-state index is -0.0587. The maximum atomic E-state index is 12.1. The van der Waals surface area contributed by atoms with Crippen LogP contribution >= 0.6 is 0 Å². The number of fused-ring (bicyclic) bond motifs is 2. The van der Waals surface area contributed by atoms with E-state index < -0.39 is 0 Å². The van der Waals surface area contributed by atoms with Crippen LogP contribution in [0.25, 0.3) is 32.9 Å². The Morgan fingerprint density at radius 1 is 1.10 bits per heavy atom. The van der Waals surface area contributed by atoms with E-state index in [1.54, 1.807) is 23.2 Å². The van der Waals surface area contributed by atoms with Crippen molar-refractivity contribution in [2.45, 2.75) is 18.9 Å². The molecule has 0 radical (unpaired) electrons. The molecule has 0 bridgehead atoms. The zero-order valence-electron chi connectivity index (χ0n) is 22.1. The van der Waals surface area contributed by atoms with Gasteiger partial charge >= 0.3 is 6.01 Å². The van der Waals surface area contributed by atoms with Crippen LogP contribution in [0.4, 0.5) is 5.82 Å². The summed E-state index contributed by atoms with van der Waals surface area (Å²) in [5.74, 6) is 0.877. The molecule has 0 unspecified atom stereocenters. The fourth-order valence-corrected chi connectivity index (χ4v) is 5.58. The first-order valence-corrected chi connectivity index (χ1v) is 13.4. The van der Waals surface area contributed by atoms with Gasteiger partial charge in [-0.3, -0.25) is 9.78 Å². The van der Waals surface area contributed by atoms with Crippen molar-refractivity contribution in [3.63, 3.8) is 0 Å². The van der Waals surface area contributed by atoms with Gasteiger partial charge in [0.1, 0.15) is 18.2 Å². The number of amides is 1. The van der Waals surface area contributed by atoms with Crippen LogP contribution in [0.15, 0.2) is 61.3 Å². The Balaban J connectivity index is 1.40. The number of aromatic hydroxyl groups is 1. The number of likely N-dealkylation sites (N-methyl/N-ethyl adjacent to an activating group) is 1. The molecule has 4 aromatic rings. The van der Waals surface area contributed by atoms with Crippen LogP contribution in [0, 0.1) is 0 Å². The summed E-state index contributed by atoms with van der Waals surface area (Å²) in [5, 5.41) is 13.2. The van der Waals surface area contributed by atoms with Crippen LogP contribution < -0.4 is 9.64 Å². The van der Waals surface area contributed by atoms with Crippen molar-refractivity contribution in [1.29, 1.82) is 0 Å². The number of carbonyl (C=O) groups excluding carboxylic acids is 1. The highest BCUT2D eigenvalue weighted by molar-refractivity contribution is 5.99. The molecule has 2 aliphatic heterocycles. The summed E-state index contributed by atoms with van der Waals surface area (Å²) in [6.07, 6.45) is 5.41. The lowest BCUT2D eigenvalue weighted by molar-refractivity contribution is -0.126. The molecule has 200 valence electrons. The number of phenols is 1. The van der Waals surface area contributed by atoms with Gasteiger partial charge in [-0.25, -0.2) is 0 Å². The number of hydrogen-bond acceptors (Lipinski definition) is 8. The molecule has 2 aromatic heterocycles. The molecule has 6 rings (SSSR count). The predicted octanol–water partition coefficient (Wildman–Crippen LogP) is 3.86. The van der Waals surface area contributed by atoms with Crippen LogP contribution in [-0.2, 0) is 4.79 Å². The van der Waals surface area contributed by atoms with Gasteiger partial charge in [0.2, 0.25) is 5.91 Å². The molecule has 2 aromatic carbocycles. The third-order valence-electron chi connectivity index (χ3n) is 7.81. The Hall–Kier alpha value is -4.24. The molecule has 1 atom stereocenters. The zero-order valence-corrected chi connectivity index (χ0v) is 22.1. The molecule has 1 amide bonds. The maximum Gasteiger partial charge on any atom is 0.319 e. The normalized spacial score (nSPS) is 18.1. The number of nitrogens with zero attached hydrogens (tertiary/aromatic N) is 6. The summed E-state index contributed by atoms with van der Waals surface area (Å²) in [4.78, 5) is 32.8. The number of hydrogen-bond donors (Lipinski definition) is 1. The summed E-state index contributed by atoms with van der Waals surface area (Å²) in [5.41, 5.74) is 2.26. The molecule has 0 saturated carbocycles. The Bertz CT molecular complexity index is 1550. The number of aromatic nitrogens is 3. The number of likely N-dealkylation sites (tertiary alicyclic amines) is 1. The fourth-order valence-electron chi connectivity index (χ4n) is 5.58. The lowest BCUT2D eigenvalue weighted by Gasteiger charge is -2.35. The SMILES string of the molecule is C=CC(=O)N1CCN(c2nc(OC[C@@H]3CCCN3C)nc3cc(-c4cc(O)cc5ccccc45)ncc23)CC1. The van der Waals surface area contributed by atoms with Gasteiger partial charge in [-0.1, -0.05) is 30.8 Å². The smallest absolute Gasteiger partial charge is 0.319 e. The van der Waals surface area contributed by atoms with Crippen molar-refractivity contribution in [3.8, 4) is 23.0 Å². The largest absolute Gasteiger partial charge is 0.508 e. The molecule has 2 saturated heterocycles. The first-order chi connectivity index (χ1) is 19.0. The Morgan fingerprint density at radius 3 is 2.69 bits per heavy atom. The molecule has 1 N–H and O–H groups in total. The molecule has 9 nitrogen and oxygen atoms in total. The van der Waals surface area contributed by atoms with E-state index in [4.69, 9.17) is 19.7 Å². The highest BCUT2D eigenvalue weighted by Crippen LogP contribution is 2.34. The number of rotatable bonds is 6. The molecular weight excluding hydrogens is 492 g/mol. The van der Waals surface area contributed by atoms with Crippen LogP contribution in [0.5, 0.6) is 11.8 Å². The van der Waals surface area contributed by atoms with Crippen LogP contribution in [0.1, 0.15) is 12.8 Å². The fraction of sp³-hybridized carbons (Fsp3) is 0.333. The highest BCUT2D eigenvalue weighted by atomic mass is 16.5. The first-order valence-electron chi connectivity index (χ1n) is 13.4. The third kappa shape index (κ3) is 4.97. The summed E-state index contributed by atoms with van der Waals surface area (Å²) in [7, 11) is 2.12. The molecule has 9 heteroatoms. The predicted molar refractivity (Wildman–Crippen MR) is 152 cm³/mol. The van der Waals surface area contributed by atoms with E-state index in [0.717, 1.165) is 52.4 Å². The zero-order chi connectivity index (χ0) is 26.9. The molecule has 0 aliphatic carbocycles. The first kappa shape index (κ1) is 25.1. The summed E-state index contributed by atoms with van der Waals surface area (Å²) in [6.45, 7) is 7.64. The monoisotopic (exact) mass is 524 g/mol. The number of piperazine rings is 1. The molecule has 2 fully saturated rings. The van der Waals surface area contributed by atoms with Gasteiger partial charge in [0.25, 0.3) is 0 Å². The number of anilines is 1. The molecule has 39 heavy (non-hydrogen) atoms. The van der Waals surface area contributed by atoms with E-state index in [2.05, 4.69) is 23.4 Å². The second-order valence-corrected chi connectivity index (χ2v) is 10.2. The average molecular weight is 525 g/mol. The van der Waals surface area contributed by atoms with E-state index in [0.29, 0.717) is 50.5 Å². The Kier molecular flexibility index (Phi) is 6.74. The lowest BCUT2D eigenvalue weighted by Crippen LogP contribution is -2.48. The van der Waals surface area contributed by atoms with Gasteiger partial charge in [0.15, 0.2) is 0 Å². The van der Waals surface area contributed by atoms with Crippen LogP contribution in [0.3, 0.4) is 0 Å². The Morgan fingerprint density at radius 2 is 1.92 bits per heavy atom. The number of ether oxygens (including phenoxy) is 1. The van der Waals surface area contributed by atoms with Crippen molar-refractivity contribution < 1.29 is 14.6 Å². The number of benzene rings is 2. The van der Waals surface area contributed by atoms with E-state index in [9.17, 15) is 9.90 Å². The van der Waals surface area contributed by atoms with Gasteiger partial charge in [-0.2, -0.15) is 9.97 Å². The topological polar surface area (TPSA) is 94.9 Å². The molecule has 0 spiro atoms. The molecular formula is C30H32N6O3. The van der Waals surface area contributed by atoms with Gasteiger partial charge in [0, 0.05) is 44.0 Å². The molecule has 4 heterocycles. The summed E-state index contributed by atoms with van der Waals surface area (Å²) in [6, 6.07) is 14.0. The van der Waals surface area contributed by atoms with Crippen molar-refractivity contribution in [2.24, 2.45) is 0 Å². The standard InChI is InChI=1S/C30H32N6O3/c1-3-28(38)35-11-13-36(14-12-35)29-25-18-31-26(24-16-22(37)15-20-7-4-5-9-23(20)24)17-27(25)32-30(33-29)39-19-21-8-6-10-34(21)2/h3-5,7,9,15-18,21,37H,1,6,8,10-14,19H2,2H3/t21-/m0/s1. The minimum Gasteiger partial charge on any atom is -0.508 e. The van der Waals surface area contributed by atoms with Gasteiger partial charge in [-0.05, 0) is 61.5 Å². The van der Waals surface area contributed by atoms with Crippen LogP contribution in [-0.4, -0.2) is 88.2 Å². The van der Waals surface area contributed by atoms with Crippen LogP contribution in [0.2, 0.25) is 0 Å². The van der Waals surface area contributed by atoms with Gasteiger partial charge in [0.05, 0.1) is 16.6 Å². The highest BCUT2D eigenvalue weighted by Gasteiger charge is 2.25. The number of phenolic OH excluding ortho intramolecular Hbond substituents is 1. The molecule has 2 aliphatic rings. The second-order valence-electron chi connectivity index (χ2n) is 10.2. The van der Waals surface area contributed by atoms with Crippen molar-refractivity contribution in [3.05, 3.63) is 61.3 Å². The van der Waals surface area contributed by atoms with E-state index in [1.165, 1.54) is 6.08 Å². The third-order valence-corrected chi connectivity index (χ3v) is 7.81. The maximum absolute atomic E-state index is 12.1. The van der Waals surface area contributed by atoms with Crippen molar-refractivity contribution in [2.75, 3.05) is 51.3 Å². The van der Waals surface area contributed by atoms with Crippen molar-refractivity contribution >= 4 is 33.4 Å².